The number of aryl methyl sites for hydroxylation is 1. The van der Waals surface area contributed by atoms with Gasteiger partial charge >= 0.3 is 5.97 Å². The van der Waals surface area contributed by atoms with Gasteiger partial charge in [0.15, 0.2) is 0 Å². The fourth-order valence-corrected chi connectivity index (χ4v) is 2.13. The smallest absolute Gasteiger partial charge is 0.306 e. The predicted molar refractivity (Wildman–Crippen MR) is 79.2 cm³/mol. The first-order valence-electron chi connectivity index (χ1n) is 6.46. The highest BCUT2D eigenvalue weighted by Crippen LogP contribution is 2.17. The van der Waals surface area contributed by atoms with Crippen LogP contribution in [0, 0.1) is 6.92 Å². The molecule has 0 saturated carbocycles. The molecule has 2 aromatic rings. The van der Waals surface area contributed by atoms with E-state index in [0.29, 0.717) is 16.8 Å². The summed E-state index contributed by atoms with van der Waals surface area (Å²) in [5.41, 5.74) is 6.68. The quantitative estimate of drug-likeness (QED) is 0.682. The Morgan fingerprint density at radius 3 is 2.62 bits per heavy atom. The van der Waals surface area contributed by atoms with Crippen molar-refractivity contribution < 1.29 is 14.3 Å². The van der Waals surface area contributed by atoms with Crippen LogP contribution in [0.15, 0.2) is 29.1 Å². The first-order chi connectivity index (χ1) is 9.93. The average molecular weight is 288 g/mol. The molecule has 1 aromatic heterocycles. The van der Waals surface area contributed by atoms with Gasteiger partial charge in [0.1, 0.15) is 0 Å². The third-order valence-corrected chi connectivity index (χ3v) is 3.23. The number of aromatic nitrogens is 1. The van der Waals surface area contributed by atoms with Crippen LogP contribution in [0.3, 0.4) is 0 Å². The number of methoxy groups -OCH3 is 1. The molecule has 0 unspecified atom stereocenters. The number of rotatable bonds is 3. The summed E-state index contributed by atoms with van der Waals surface area (Å²) in [5.74, 6) is -0.947. The van der Waals surface area contributed by atoms with Crippen molar-refractivity contribution in [1.29, 1.82) is 0 Å². The van der Waals surface area contributed by atoms with Gasteiger partial charge in [0.25, 0.3) is 5.56 Å². The van der Waals surface area contributed by atoms with Crippen LogP contribution in [0.5, 0.6) is 0 Å². The van der Waals surface area contributed by atoms with Crippen molar-refractivity contribution in [2.45, 2.75) is 19.8 Å². The summed E-state index contributed by atoms with van der Waals surface area (Å²) in [6.45, 7) is 1.64. The van der Waals surface area contributed by atoms with Crippen molar-refractivity contribution >= 4 is 28.5 Å². The third-order valence-electron chi connectivity index (χ3n) is 3.23. The number of nitrogens with two attached hydrogens (primary N) is 1. The number of carbonyl (C=O) groups is 2. The maximum absolute atomic E-state index is 12.3. The molecule has 0 bridgehead atoms. The Bertz CT molecular complexity index is 777. The molecular weight excluding hydrogens is 272 g/mol. The summed E-state index contributed by atoms with van der Waals surface area (Å²) in [5, 5.41) is 0.743. The van der Waals surface area contributed by atoms with Gasteiger partial charge in [0, 0.05) is 17.7 Å². The lowest BCUT2D eigenvalue weighted by Gasteiger charge is -2.10. The lowest BCUT2D eigenvalue weighted by atomic mass is 10.1. The van der Waals surface area contributed by atoms with Crippen molar-refractivity contribution in [3.05, 3.63) is 40.2 Å². The molecule has 21 heavy (non-hydrogen) atoms. The second-order valence-electron chi connectivity index (χ2n) is 4.76. The lowest BCUT2D eigenvalue weighted by molar-refractivity contribution is -0.140. The van der Waals surface area contributed by atoms with Crippen LogP contribution in [-0.2, 0) is 9.53 Å². The van der Waals surface area contributed by atoms with E-state index in [2.05, 4.69) is 4.74 Å². The maximum Gasteiger partial charge on any atom is 0.306 e. The minimum absolute atomic E-state index is 0.0699. The number of hydrogen-bond acceptors (Lipinski definition) is 5. The zero-order valence-electron chi connectivity index (χ0n) is 11.9. The first kappa shape index (κ1) is 14.8. The second kappa shape index (κ2) is 5.78. The zero-order valence-corrected chi connectivity index (χ0v) is 11.9. The van der Waals surface area contributed by atoms with Crippen molar-refractivity contribution in [2.75, 3.05) is 12.8 Å². The first-order valence-corrected chi connectivity index (χ1v) is 6.46. The zero-order chi connectivity index (χ0) is 15.6. The molecular formula is C15H16N2O4. The van der Waals surface area contributed by atoms with E-state index >= 15 is 0 Å². The monoisotopic (exact) mass is 288 g/mol. The van der Waals surface area contributed by atoms with Crippen molar-refractivity contribution in [1.82, 2.24) is 4.57 Å². The number of pyridine rings is 1. The van der Waals surface area contributed by atoms with E-state index in [1.54, 1.807) is 31.2 Å². The van der Waals surface area contributed by atoms with Crippen LogP contribution in [-0.4, -0.2) is 23.6 Å². The van der Waals surface area contributed by atoms with Crippen LogP contribution < -0.4 is 11.3 Å². The van der Waals surface area contributed by atoms with Gasteiger partial charge in [-0.25, -0.2) is 4.57 Å². The summed E-state index contributed by atoms with van der Waals surface area (Å²) >= 11 is 0. The summed E-state index contributed by atoms with van der Waals surface area (Å²) in [6.07, 6.45) is -0.167. The van der Waals surface area contributed by atoms with Crippen molar-refractivity contribution in [2.24, 2.45) is 0 Å². The van der Waals surface area contributed by atoms with E-state index in [-0.39, 0.29) is 12.8 Å². The fourth-order valence-electron chi connectivity index (χ4n) is 2.13. The SMILES string of the molecule is COC(=O)CCC(=O)n1c(=O)c(C)cc2ccc(N)cc21. The van der Waals surface area contributed by atoms with Crippen LogP contribution >= 0.6 is 0 Å². The number of hydrogen-bond donors (Lipinski definition) is 1. The van der Waals surface area contributed by atoms with E-state index in [4.69, 9.17) is 5.73 Å². The normalized spacial score (nSPS) is 10.6. The Morgan fingerprint density at radius 2 is 1.95 bits per heavy atom. The lowest BCUT2D eigenvalue weighted by Crippen LogP contribution is -2.29. The molecule has 1 aromatic carbocycles. The number of ether oxygens (including phenoxy) is 1. The van der Waals surface area contributed by atoms with Gasteiger partial charge in [-0.1, -0.05) is 6.07 Å². The summed E-state index contributed by atoms with van der Waals surface area (Å²) in [4.78, 5) is 35.6. The predicted octanol–water partition coefficient (Wildman–Crippen LogP) is 1.49. The van der Waals surface area contributed by atoms with Crippen LogP contribution in [0.2, 0.25) is 0 Å². The van der Waals surface area contributed by atoms with E-state index in [1.165, 1.54) is 7.11 Å². The molecule has 2 N–H and O–H groups in total. The number of benzene rings is 1. The molecule has 0 atom stereocenters. The topological polar surface area (TPSA) is 91.4 Å². The van der Waals surface area contributed by atoms with E-state index in [0.717, 1.165) is 9.95 Å². The number of nitrogen functional groups attached to an aromatic ring is 1. The van der Waals surface area contributed by atoms with Gasteiger partial charge in [-0.15, -0.1) is 0 Å². The highest BCUT2D eigenvalue weighted by Gasteiger charge is 2.15. The van der Waals surface area contributed by atoms with Crippen LogP contribution in [0.4, 0.5) is 5.69 Å². The minimum Gasteiger partial charge on any atom is -0.469 e. The Labute approximate surface area is 121 Å². The van der Waals surface area contributed by atoms with Gasteiger partial charge in [-0.3, -0.25) is 14.4 Å². The molecule has 0 aliphatic heterocycles. The Kier molecular flexibility index (Phi) is 4.07. The number of esters is 1. The molecule has 0 fully saturated rings. The molecule has 6 nitrogen and oxygen atoms in total. The van der Waals surface area contributed by atoms with Gasteiger partial charge in [-0.05, 0) is 30.5 Å². The molecule has 2 rings (SSSR count). The van der Waals surface area contributed by atoms with Gasteiger partial charge in [0.05, 0.1) is 19.0 Å². The molecule has 0 saturated heterocycles. The number of anilines is 1. The maximum atomic E-state index is 12.3. The summed E-state index contributed by atoms with van der Waals surface area (Å²) in [7, 11) is 1.25. The van der Waals surface area contributed by atoms with Gasteiger partial charge in [-0.2, -0.15) is 0 Å². The van der Waals surface area contributed by atoms with E-state index in [1.807, 2.05) is 0 Å². The molecule has 0 amide bonds. The van der Waals surface area contributed by atoms with Crippen LogP contribution in [0.25, 0.3) is 10.9 Å². The molecule has 0 spiro atoms. The average Bonchev–Trinajstić information content (AvgIpc) is 2.46. The molecule has 0 aliphatic rings. The summed E-state index contributed by atoms with van der Waals surface area (Å²) < 4.78 is 5.57. The second-order valence-corrected chi connectivity index (χ2v) is 4.76. The van der Waals surface area contributed by atoms with Gasteiger partial charge in [0.2, 0.25) is 5.91 Å². The standard InChI is InChI=1S/C15H16N2O4/c1-9-7-10-3-4-11(16)8-12(10)17(15(9)20)13(18)5-6-14(19)21-2/h3-4,7-8H,5-6,16H2,1-2H3. The highest BCUT2D eigenvalue weighted by atomic mass is 16.5. The molecule has 6 heteroatoms. The number of nitrogens with zero attached hydrogens (tertiary/aromatic N) is 1. The third kappa shape index (κ3) is 2.94. The molecule has 0 radical (unpaired) electrons. The Morgan fingerprint density at radius 1 is 1.24 bits per heavy atom. The van der Waals surface area contributed by atoms with Crippen molar-refractivity contribution in [3.8, 4) is 0 Å². The van der Waals surface area contributed by atoms with Gasteiger partial charge < -0.3 is 10.5 Å². The van der Waals surface area contributed by atoms with E-state index < -0.39 is 17.4 Å². The number of carbonyl (C=O) groups excluding carboxylic acids is 2. The summed E-state index contributed by atoms with van der Waals surface area (Å²) in [6, 6.07) is 6.74. The minimum atomic E-state index is -0.493. The number of fused-ring (bicyclic) bond motifs is 1. The van der Waals surface area contributed by atoms with Crippen LogP contribution in [0.1, 0.15) is 23.2 Å². The fraction of sp³-hybridized carbons (Fsp3) is 0.267. The molecule has 0 aliphatic carbocycles. The Balaban J connectivity index is 2.53. The van der Waals surface area contributed by atoms with Crippen molar-refractivity contribution in [3.63, 3.8) is 0 Å². The Hall–Kier alpha value is -2.63. The van der Waals surface area contributed by atoms with E-state index in [9.17, 15) is 14.4 Å². The highest BCUT2D eigenvalue weighted by molar-refractivity contribution is 5.93. The largest absolute Gasteiger partial charge is 0.469 e. The molecule has 1 heterocycles. The molecule has 110 valence electrons.